The van der Waals surface area contributed by atoms with Crippen molar-refractivity contribution in [3.63, 3.8) is 0 Å². The van der Waals surface area contributed by atoms with Crippen molar-refractivity contribution in [2.24, 2.45) is 0 Å². The number of thioether (sulfide) groups is 1. The van der Waals surface area contributed by atoms with E-state index >= 15 is 0 Å². The summed E-state index contributed by atoms with van der Waals surface area (Å²) in [6, 6.07) is 6.05. The molecular weight excluding hydrogens is 206 g/mol. The quantitative estimate of drug-likeness (QED) is 0.568. The van der Waals surface area contributed by atoms with Crippen LogP contribution in [0.25, 0.3) is 0 Å². The lowest BCUT2D eigenvalue weighted by molar-refractivity contribution is 1.14. The summed E-state index contributed by atoms with van der Waals surface area (Å²) in [4.78, 5) is 4.32. The molecule has 0 unspecified atom stereocenters. The molecule has 3 heteroatoms. The Morgan fingerprint density at radius 1 is 1.36 bits per heavy atom. The van der Waals surface area contributed by atoms with Crippen molar-refractivity contribution in [2.75, 3.05) is 0 Å². The molecule has 0 saturated heterocycles. The normalized spacial score (nSPS) is 13.0. The van der Waals surface area contributed by atoms with E-state index in [9.17, 15) is 0 Å². The summed E-state index contributed by atoms with van der Waals surface area (Å²) in [5.74, 6) is 0. The van der Waals surface area contributed by atoms with Crippen molar-refractivity contribution < 1.29 is 0 Å². The summed E-state index contributed by atoms with van der Waals surface area (Å²) in [6.07, 6.45) is 4.07. The molecule has 1 heterocycles. The van der Waals surface area contributed by atoms with Crippen molar-refractivity contribution in [3.05, 3.63) is 35.0 Å². The SMILES string of the molecule is C/C=C(\Sc1ccccn1)[Si](C)(C)C. The molecule has 1 nitrogen and oxygen atoms in total. The molecule has 0 amide bonds. The average Bonchev–Trinajstić information content (AvgIpc) is 2.14. The smallest absolute Gasteiger partial charge is 0.1000 e. The zero-order chi connectivity index (χ0) is 10.6. The van der Waals surface area contributed by atoms with Crippen LogP contribution in [0.15, 0.2) is 40.0 Å². The molecule has 0 N–H and O–H groups in total. The second-order valence-electron chi connectivity index (χ2n) is 4.17. The van der Waals surface area contributed by atoms with Gasteiger partial charge in [-0.05, 0) is 23.6 Å². The van der Waals surface area contributed by atoms with Crippen LogP contribution < -0.4 is 0 Å². The Balaban J connectivity index is 2.78. The van der Waals surface area contributed by atoms with Crippen molar-refractivity contribution in [2.45, 2.75) is 31.6 Å². The van der Waals surface area contributed by atoms with Gasteiger partial charge in [-0.15, -0.1) is 0 Å². The molecule has 1 rings (SSSR count). The molecule has 0 atom stereocenters. The predicted molar refractivity (Wildman–Crippen MR) is 67.2 cm³/mol. The van der Waals surface area contributed by atoms with E-state index < -0.39 is 8.07 Å². The first-order valence-corrected chi connectivity index (χ1v) is 9.11. The maximum Gasteiger partial charge on any atom is 0.1000 e. The summed E-state index contributed by atoms with van der Waals surface area (Å²) >= 11 is 1.81. The summed E-state index contributed by atoms with van der Waals surface area (Å²) in [6.45, 7) is 9.19. The summed E-state index contributed by atoms with van der Waals surface area (Å²) in [7, 11) is -1.19. The second-order valence-corrected chi connectivity index (χ2v) is 10.6. The monoisotopic (exact) mass is 223 g/mol. The minimum atomic E-state index is -1.19. The standard InChI is InChI=1S/C11H17NSSi/c1-5-11(14(2,3)4)13-10-8-6-7-9-12-10/h5-9H,1-4H3/b11-5+. The van der Waals surface area contributed by atoms with E-state index in [0.29, 0.717) is 0 Å². The van der Waals surface area contributed by atoms with Gasteiger partial charge >= 0.3 is 0 Å². The Kier molecular flexibility index (Phi) is 3.95. The van der Waals surface area contributed by atoms with Crippen LogP contribution in [-0.4, -0.2) is 13.1 Å². The third-order valence-corrected chi connectivity index (χ3v) is 6.67. The molecule has 0 radical (unpaired) electrons. The van der Waals surface area contributed by atoms with Gasteiger partial charge in [-0.2, -0.15) is 0 Å². The lowest BCUT2D eigenvalue weighted by Gasteiger charge is -2.19. The third kappa shape index (κ3) is 3.31. The second kappa shape index (κ2) is 4.80. The Labute approximate surface area is 91.7 Å². The largest absolute Gasteiger partial charge is 0.250 e. The Bertz CT molecular complexity index is 314. The fourth-order valence-corrected chi connectivity index (χ4v) is 4.17. The highest BCUT2D eigenvalue weighted by molar-refractivity contribution is 8.05. The number of rotatable bonds is 3. The highest BCUT2D eigenvalue weighted by Gasteiger charge is 2.19. The molecule has 1 aromatic heterocycles. The van der Waals surface area contributed by atoms with E-state index in [0.717, 1.165) is 5.03 Å². The minimum absolute atomic E-state index is 1.10. The van der Waals surface area contributed by atoms with E-state index in [1.807, 2.05) is 30.1 Å². The van der Waals surface area contributed by atoms with Crippen LogP contribution in [0.3, 0.4) is 0 Å². The molecule has 0 fully saturated rings. The lowest BCUT2D eigenvalue weighted by Crippen LogP contribution is -2.21. The van der Waals surface area contributed by atoms with Crippen LogP contribution in [0.1, 0.15) is 6.92 Å². The van der Waals surface area contributed by atoms with Crippen LogP contribution in [0.2, 0.25) is 19.6 Å². The van der Waals surface area contributed by atoms with Gasteiger partial charge in [-0.1, -0.05) is 43.5 Å². The molecule has 0 bridgehead atoms. The minimum Gasteiger partial charge on any atom is -0.250 e. The molecule has 0 aromatic carbocycles. The van der Waals surface area contributed by atoms with Crippen molar-refractivity contribution in [3.8, 4) is 0 Å². The maximum absolute atomic E-state index is 4.32. The first-order chi connectivity index (χ1) is 6.54. The fraction of sp³-hybridized carbons (Fsp3) is 0.364. The first kappa shape index (κ1) is 11.5. The van der Waals surface area contributed by atoms with Gasteiger partial charge in [0.1, 0.15) is 0 Å². The number of allylic oxidation sites excluding steroid dienone is 1. The third-order valence-electron chi connectivity index (χ3n) is 1.85. The molecule has 76 valence electrons. The zero-order valence-electron chi connectivity index (χ0n) is 9.24. The van der Waals surface area contributed by atoms with Crippen molar-refractivity contribution >= 4 is 19.8 Å². The average molecular weight is 223 g/mol. The molecule has 0 spiro atoms. The zero-order valence-corrected chi connectivity index (χ0v) is 11.1. The van der Waals surface area contributed by atoms with E-state index in [1.54, 1.807) is 0 Å². The van der Waals surface area contributed by atoms with Crippen LogP contribution >= 0.6 is 11.8 Å². The topological polar surface area (TPSA) is 12.9 Å². The van der Waals surface area contributed by atoms with Gasteiger partial charge in [0.05, 0.1) is 13.1 Å². The van der Waals surface area contributed by atoms with Gasteiger partial charge in [-0.25, -0.2) is 4.98 Å². The number of hydrogen-bond acceptors (Lipinski definition) is 2. The van der Waals surface area contributed by atoms with Gasteiger partial charge in [0, 0.05) is 6.20 Å². The summed E-state index contributed by atoms with van der Waals surface area (Å²) < 4.78 is 1.50. The molecule has 0 aliphatic carbocycles. The summed E-state index contributed by atoms with van der Waals surface area (Å²) in [5.41, 5.74) is 0. The van der Waals surface area contributed by atoms with Crippen LogP contribution in [0.4, 0.5) is 0 Å². The number of pyridine rings is 1. The Morgan fingerprint density at radius 3 is 2.50 bits per heavy atom. The molecule has 14 heavy (non-hydrogen) atoms. The van der Waals surface area contributed by atoms with Gasteiger partial charge in [-0.3, -0.25) is 0 Å². The Morgan fingerprint density at radius 2 is 2.07 bits per heavy atom. The molecule has 1 aromatic rings. The van der Waals surface area contributed by atoms with E-state index in [2.05, 4.69) is 43.7 Å². The van der Waals surface area contributed by atoms with Crippen LogP contribution in [0.5, 0.6) is 0 Å². The van der Waals surface area contributed by atoms with Crippen LogP contribution in [0, 0.1) is 0 Å². The molecular formula is C11H17NSSi. The van der Waals surface area contributed by atoms with Gasteiger partial charge in [0.25, 0.3) is 0 Å². The molecule has 0 aliphatic heterocycles. The highest BCUT2D eigenvalue weighted by atomic mass is 32.2. The summed E-state index contributed by atoms with van der Waals surface area (Å²) in [5, 5.41) is 1.10. The van der Waals surface area contributed by atoms with Gasteiger partial charge in [0.2, 0.25) is 0 Å². The van der Waals surface area contributed by atoms with E-state index in [4.69, 9.17) is 0 Å². The highest BCUT2D eigenvalue weighted by Crippen LogP contribution is 2.31. The van der Waals surface area contributed by atoms with Crippen molar-refractivity contribution in [1.82, 2.24) is 4.98 Å². The number of nitrogens with zero attached hydrogens (tertiary/aromatic N) is 1. The van der Waals surface area contributed by atoms with Crippen LogP contribution in [-0.2, 0) is 0 Å². The number of aromatic nitrogens is 1. The maximum atomic E-state index is 4.32. The van der Waals surface area contributed by atoms with Crippen molar-refractivity contribution in [1.29, 1.82) is 0 Å². The Hall–Kier alpha value is -0.543. The first-order valence-electron chi connectivity index (χ1n) is 4.79. The van der Waals surface area contributed by atoms with E-state index in [-0.39, 0.29) is 0 Å². The lowest BCUT2D eigenvalue weighted by atomic mass is 10.5. The fourth-order valence-electron chi connectivity index (χ4n) is 1.17. The predicted octanol–water partition coefficient (Wildman–Crippen LogP) is 3.95. The molecule has 0 saturated carbocycles. The van der Waals surface area contributed by atoms with Gasteiger partial charge < -0.3 is 0 Å². The van der Waals surface area contributed by atoms with E-state index in [1.165, 1.54) is 4.53 Å². The number of hydrogen-bond donors (Lipinski definition) is 0. The molecule has 0 aliphatic rings. The van der Waals surface area contributed by atoms with Gasteiger partial charge in [0.15, 0.2) is 0 Å².